The number of benzene rings is 5. The number of methoxy groups -OCH3 is 1. The second-order valence-corrected chi connectivity index (χ2v) is 17.2. The molecule has 0 atom stereocenters. The Balaban J connectivity index is 1.49. The molecule has 1 heterocycles. The van der Waals surface area contributed by atoms with Crippen molar-refractivity contribution >= 4 is 51.8 Å². The van der Waals surface area contributed by atoms with Crippen LogP contribution in [-0.4, -0.2) is 35.0 Å². The van der Waals surface area contributed by atoms with Gasteiger partial charge in [-0.1, -0.05) is 81.5 Å². The summed E-state index contributed by atoms with van der Waals surface area (Å²) in [5.74, 6) is 0.883. The van der Waals surface area contributed by atoms with Gasteiger partial charge in [0.15, 0.2) is 0 Å². The van der Waals surface area contributed by atoms with E-state index in [2.05, 4.69) is 134 Å². The second-order valence-electron chi connectivity index (χ2n) is 12.8. The van der Waals surface area contributed by atoms with E-state index in [1.807, 2.05) is 14.1 Å². The summed E-state index contributed by atoms with van der Waals surface area (Å²) in [6, 6.07) is 29.6. The zero-order valence-electron chi connectivity index (χ0n) is 28.0. The smallest absolute Gasteiger partial charge is 0.126 e. The monoisotopic (exact) mass is 618 g/mol. The number of aryl methyl sites for hydroxylation is 2. The summed E-state index contributed by atoms with van der Waals surface area (Å²) in [5.41, 5.74) is 12.4. The van der Waals surface area contributed by atoms with E-state index < -0.39 is 8.07 Å². The maximum atomic E-state index is 6.11. The van der Waals surface area contributed by atoms with Crippen LogP contribution in [0.25, 0.3) is 38.2 Å². The van der Waals surface area contributed by atoms with Gasteiger partial charge in [-0.15, -0.1) is 0 Å². The largest absolute Gasteiger partial charge is 0.496 e. The summed E-state index contributed by atoms with van der Waals surface area (Å²) >= 11 is 0. The van der Waals surface area contributed by atoms with E-state index in [0.717, 1.165) is 35.6 Å². The molecule has 230 valence electrons. The van der Waals surface area contributed by atoms with E-state index in [1.165, 1.54) is 70.9 Å². The first kappa shape index (κ1) is 30.0. The van der Waals surface area contributed by atoms with Crippen LogP contribution in [0, 0.1) is 0 Å². The zero-order chi connectivity index (χ0) is 32.2. The van der Waals surface area contributed by atoms with E-state index in [0.29, 0.717) is 0 Å². The summed E-state index contributed by atoms with van der Waals surface area (Å²) in [4.78, 5) is 4.57. The van der Waals surface area contributed by atoms with Crippen LogP contribution in [-0.2, 0) is 12.8 Å². The number of nitrogens with zero attached hydrogens (tertiary/aromatic N) is 1. The topological polar surface area (TPSA) is 33.6 Å². The molecule has 5 aromatic carbocycles. The van der Waals surface area contributed by atoms with Gasteiger partial charge < -0.3 is 10.1 Å². The molecule has 0 unspecified atom stereocenters. The van der Waals surface area contributed by atoms with Crippen LogP contribution < -0.4 is 15.2 Å². The fourth-order valence-electron chi connectivity index (χ4n) is 7.80. The van der Waals surface area contributed by atoms with Crippen molar-refractivity contribution in [1.29, 1.82) is 0 Å². The number of hydrogen-bond donors (Lipinski definition) is 1. The van der Waals surface area contributed by atoms with Gasteiger partial charge in [0.25, 0.3) is 0 Å². The molecule has 0 aromatic heterocycles. The molecular weight excluding hydrogens is 577 g/mol. The minimum atomic E-state index is -2.04. The SMILES string of the molecule is CCc1c2ccccc2c(CC)c2cc(-c3ccc(OC)c(C4=C5C=CC(=NC)C=C5[Si](C)(C)c5cc(NC)ccc54)c3)ccc12. The van der Waals surface area contributed by atoms with E-state index in [9.17, 15) is 0 Å². The third kappa shape index (κ3) is 4.58. The van der Waals surface area contributed by atoms with Gasteiger partial charge in [0, 0.05) is 25.3 Å². The van der Waals surface area contributed by atoms with Crippen LogP contribution in [0.2, 0.25) is 13.1 Å². The number of rotatable bonds is 6. The standard InChI is InChI=1S/C42H42N2OSi/c1-8-30-32-12-10-11-13-33(32)31(9-2)37-22-26(14-18-34(30)37)27-15-21-39(45-5)38(23-27)42-35-19-16-28(43-3)24-40(35)46(6,7)41-25-29(44-4)17-20-36(41)42/h10-25,43H,8-9H2,1-7H3. The molecule has 46 heavy (non-hydrogen) atoms. The Kier molecular flexibility index (Phi) is 7.57. The minimum absolute atomic E-state index is 0.883. The molecule has 0 saturated heterocycles. The van der Waals surface area contributed by atoms with Gasteiger partial charge in [-0.2, -0.15) is 0 Å². The van der Waals surface area contributed by atoms with Crippen LogP contribution in [0.15, 0.2) is 113 Å². The van der Waals surface area contributed by atoms with Crippen molar-refractivity contribution in [2.75, 3.05) is 26.5 Å². The molecule has 4 heteroatoms. The molecule has 2 aliphatic rings. The Labute approximate surface area is 274 Å². The molecule has 1 N–H and O–H groups in total. The summed E-state index contributed by atoms with van der Waals surface area (Å²) in [6.45, 7) is 9.47. The first-order chi connectivity index (χ1) is 22.3. The number of nitrogens with one attached hydrogen (secondary N) is 1. The van der Waals surface area contributed by atoms with Gasteiger partial charge in [-0.3, -0.25) is 4.99 Å². The summed E-state index contributed by atoms with van der Waals surface area (Å²) in [5, 5.41) is 11.7. The molecule has 1 aliphatic heterocycles. The fraction of sp³-hybridized carbons (Fsp3) is 0.214. The van der Waals surface area contributed by atoms with Crippen LogP contribution in [0.5, 0.6) is 5.75 Å². The summed E-state index contributed by atoms with van der Waals surface area (Å²) < 4.78 is 6.11. The average molecular weight is 619 g/mol. The summed E-state index contributed by atoms with van der Waals surface area (Å²) in [6.07, 6.45) is 8.75. The molecule has 0 amide bonds. The highest BCUT2D eigenvalue weighted by molar-refractivity contribution is 6.98. The van der Waals surface area contributed by atoms with Crippen molar-refractivity contribution in [3.05, 3.63) is 130 Å². The third-order valence-electron chi connectivity index (χ3n) is 10.2. The highest BCUT2D eigenvalue weighted by Crippen LogP contribution is 2.45. The van der Waals surface area contributed by atoms with Gasteiger partial charge in [0.1, 0.15) is 13.8 Å². The number of allylic oxidation sites excluding steroid dienone is 5. The van der Waals surface area contributed by atoms with E-state index in [-0.39, 0.29) is 0 Å². The normalized spacial score (nSPS) is 16.1. The van der Waals surface area contributed by atoms with Gasteiger partial charge in [0.2, 0.25) is 0 Å². The van der Waals surface area contributed by atoms with Gasteiger partial charge in [0.05, 0.1) is 12.8 Å². The Morgan fingerprint density at radius 1 is 0.739 bits per heavy atom. The van der Waals surface area contributed by atoms with Crippen molar-refractivity contribution in [2.24, 2.45) is 4.99 Å². The van der Waals surface area contributed by atoms with Crippen molar-refractivity contribution in [1.82, 2.24) is 0 Å². The highest BCUT2D eigenvalue weighted by atomic mass is 28.3. The van der Waals surface area contributed by atoms with Crippen LogP contribution in [0.4, 0.5) is 5.69 Å². The Morgan fingerprint density at radius 2 is 1.41 bits per heavy atom. The molecule has 0 fully saturated rings. The van der Waals surface area contributed by atoms with Gasteiger partial charge in [-0.05, 0) is 126 Å². The third-order valence-corrected chi connectivity index (χ3v) is 13.7. The predicted molar refractivity (Wildman–Crippen MR) is 202 cm³/mol. The van der Waals surface area contributed by atoms with Crippen molar-refractivity contribution in [2.45, 2.75) is 39.8 Å². The Morgan fingerprint density at radius 3 is 2.09 bits per heavy atom. The lowest BCUT2D eigenvalue weighted by atomic mass is 9.86. The molecule has 3 nitrogen and oxygen atoms in total. The van der Waals surface area contributed by atoms with Crippen LogP contribution >= 0.6 is 0 Å². The van der Waals surface area contributed by atoms with E-state index in [4.69, 9.17) is 4.74 Å². The Bertz CT molecular complexity index is 2180. The molecule has 1 aliphatic carbocycles. The second kappa shape index (κ2) is 11.6. The lowest BCUT2D eigenvalue weighted by molar-refractivity contribution is 0.413. The maximum absolute atomic E-state index is 6.11. The lowest BCUT2D eigenvalue weighted by Gasteiger charge is -2.38. The molecule has 0 spiro atoms. The molecule has 0 radical (unpaired) electrons. The minimum Gasteiger partial charge on any atom is -0.496 e. The van der Waals surface area contributed by atoms with Crippen molar-refractivity contribution < 1.29 is 4.74 Å². The zero-order valence-corrected chi connectivity index (χ0v) is 29.0. The van der Waals surface area contributed by atoms with Crippen molar-refractivity contribution in [3.63, 3.8) is 0 Å². The molecule has 0 saturated carbocycles. The highest BCUT2D eigenvalue weighted by Gasteiger charge is 2.40. The lowest BCUT2D eigenvalue weighted by Crippen LogP contribution is -2.49. The number of fused-ring (bicyclic) bond motifs is 4. The Hall–Kier alpha value is -4.67. The number of hydrogen-bond acceptors (Lipinski definition) is 3. The first-order valence-corrected chi connectivity index (χ1v) is 19.4. The van der Waals surface area contributed by atoms with Crippen molar-refractivity contribution in [3.8, 4) is 16.9 Å². The van der Waals surface area contributed by atoms with Gasteiger partial charge >= 0.3 is 0 Å². The number of aliphatic imine (C=N–C) groups is 1. The van der Waals surface area contributed by atoms with Crippen LogP contribution in [0.3, 0.4) is 0 Å². The molecule has 5 aromatic rings. The number of ether oxygens (including phenoxy) is 1. The number of anilines is 1. The molecule has 7 rings (SSSR count). The fourth-order valence-corrected chi connectivity index (χ4v) is 10.9. The van der Waals surface area contributed by atoms with Crippen LogP contribution in [0.1, 0.15) is 36.1 Å². The molecular formula is C42H42N2OSi. The molecule has 0 bridgehead atoms. The van der Waals surface area contributed by atoms with E-state index in [1.54, 1.807) is 7.11 Å². The van der Waals surface area contributed by atoms with E-state index >= 15 is 0 Å². The predicted octanol–water partition coefficient (Wildman–Crippen LogP) is 9.67. The quantitative estimate of drug-likeness (QED) is 0.152. The average Bonchev–Trinajstić information content (AvgIpc) is 3.10. The summed E-state index contributed by atoms with van der Waals surface area (Å²) in [7, 11) is 3.62. The first-order valence-electron chi connectivity index (χ1n) is 16.4. The van der Waals surface area contributed by atoms with Gasteiger partial charge in [-0.25, -0.2) is 0 Å². The maximum Gasteiger partial charge on any atom is 0.126 e.